The molecule has 0 aliphatic heterocycles. The quantitative estimate of drug-likeness (QED) is 0.694. The number of hydrogen-bond donors (Lipinski definition) is 2. The number of carbonyl (C=O) groups is 1. The van der Waals surface area contributed by atoms with Gasteiger partial charge in [-0.2, -0.15) is 11.8 Å². The van der Waals surface area contributed by atoms with Crippen molar-refractivity contribution >= 4 is 17.7 Å². The Bertz CT molecular complexity index is 231. The standard InChI is InChI=1S/C11H22N2OS/c1-4-8(2)15-7-11(13-3,10(12)14)9-5-6-9/h8-9,13H,4-7H2,1-3H3,(H2,12,14). The topological polar surface area (TPSA) is 55.1 Å². The van der Waals surface area contributed by atoms with Crippen LogP contribution in [0.5, 0.6) is 0 Å². The van der Waals surface area contributed by atoms with Crippen molar-refractivity contribution in [3.8, 4) is 0 Å². The molecule has 1 aliphatic rings. The van der Waals surface area contributed by atoms with Gasteiger partial charge in [0.2, 0.25) is 5.91 Å². The maximum Gasteiger partial charge on any atom is 0.238 e. The number of nitrogens with one attached hydrogen (secondary N) is 1. The molecule has 1 saturated carbocycles. The number of thioether (sulfide) groups is 1. The van der Waals surface area contributed by atoms with Crippen molar-refractivity contribution in [1.29, 1.82) is 0 Å². The van der Waals surface area contributed by atoms with Crippen LogP contribution in [-0.4, -0.2) is 29.5 Å². The van der Waals surface area contributed by atoms with Gasteiger partial charge >= 0.3 is 0 Å². The first-order valence-corrected chi connectivity index (χ1v) is 6.72. The Morgan fingerprint density at radius 2 is 2.27 bits per heavy atom. The van der Waals surface area contributed by atoms with E-state index in [1.807, 2.05) is 18.8 Å². The largest absolute Gasteiger partial charge is 0.368 e. The van der Waals surface area contributed by atoms with Gasteiger partial charge in [0, 0.05) is 11.0 Å². The Balaban J connectivity index is 2.59. The van der Waals surface area contributed by atoms with E-state index in [9.17, 15) is 4.79 Å². The second-order valence-corrected chi connectivity index (χ2v) is 5.82. The number of amides is 1. The Labute approximate surface area is 96.6 Å². The van der Waals surface area contributed by atoms with Gasteiger partial charge in [-0.05, 0) is 32.2 Å². The monoisotopic (exact) mass is 230 g/mol. The van der Waals surface area contributed by atoms with Crippen LogP contribution in [0.15, 0.2) is 0 Å². The summed E-state index contributed by atoms with van der Waals surface area (Å²) in [6.07, 6.45) is 3.39. The molecule has 0 aromatic rings. The summed E-state index contributed by atoms with van der Waals surface area (Å²) in [4.78, 5) is 11.6. The SMILES string of the molecule is CCC(C)SCC(NC)(C(N)=O)C1CC1. The lowest BCUT2D eigenvalue weighted by atomic mass is 9.95. The lowest BCUT2D eigenvalue weighted by Gasteiger charge is -2.31. The van der Waals surface area contributed by atoms with E-state index in [-0.39, 0.29) is 5.91 Å². The first-order valence-electron chi connectivity index (χ1n) is 5.67. The summed E-state index contributed by atoms with van der Waals surface area (Å²) in [6.45, 7) is 4.36. The summed E-state index contributed by atoms with van der Waals surface area (Å²) < 4.78 is 0. The average Bonchev–Trinajstić information content (AvgIpc) is 3.03. The zero-order valence-corrected chi connectivity index (χ0v) is 10.7. The van der Waals surface area contributed by atoms with Crippen LogP contribution in [0.4, 0.5) is 0 Å². The minimum absolute atomic E-state index is 0.191. The minimum atomic E-state index is -0.464. The van der Waals surface area contributed by atoms with E-state index in [1.165, 1.54) is 0 Å². The van der Waals surface area contributed by atoms with Crippen molar-refractivity contribution in [2.75, 3.05) is 12.8 Å². The van der Waals surface area contributed by atoms with Crippen LogP contribution in [0.2, 0.25) is 0 Å². The number of hydrogen-bond acceptors (Lipinski definition) is 3. The molecular formula is C11H22N2OS. The summed E-state index contributed by atoms with van der Waals surface area (Å²) in [7, 11) is 1.85. The van der Waals surface area contributed by atoms with Gasteiger partial charge in [0.25, 0.3) is 0 Å². The second kappa shape index (κ2) is 5.21. The number of primary amides is 1. The maximum atomic E-state index is 11.6. The van der Waals surface area contributed by atoms with E-state index in [2.05, 4.69) is 19.2 Å². The predicted octanol–water partition coefficient (Wildman–Crippen LogP) is 1.37. The van der Waals surface area contributed by atoms with Crippen molar-refractivity contribution in [3.05, 3.63) is 0 Å². The molecule has 0 aromatic carbocycles. The zero-order chi connectivity index (χ0) is 11.5. The molecule has 0 saturated heterocycles. The highest BCUT2D eigenvalue weighted by Crippen LogP contribution is 2.41. The van der Waals surface area contributed by atoms with Gasteiger partial charge in [0.1, 0.15) is 5.54 Å². The van der Waals surface area contributed by atoms with E-state index >= 15 is 0 Å². The fourth-order valence-electron chi connectivity index (χ4n) is 1.76. The van der Waals surface area contributed by atoms with E-state index in [0.717, 1.165) is 25.0 Å². The van der Waals surface area contributed by atoms with E-state index in [0.29, 0.717) is 11.2 Å². The highest BCUT2D eigenvalue weighted by Gasteiger charge is 2.48. The lowest BCUT2D eigenvalue weighted by molar-refractivity contribution is -0.124. The molecular weight excluding hydrogens is 208 g/mol. The summed E-state index contributed by atoms with van der Waals surface area (Å²) >= 11 is 1.84. The molecule has 1 amide bonds. The van der Waals surface area contributed by atoms with E-state index in [1.54, 1.807) is 0 Å². The normalized spacial score (nSPS) is 22.1. The average molecular weight is 230 g/mol. The number of nitrogens with two attached hydrogens (primary N) is 1. The highest BCUT2D eigenvalue weighted by molar-refractivity contribution is 8.00. The first-order chi connectivity index (χ1) is 7.06. The fourth-order valence-corrected chi connectivity index (χ4v) is 3.06. The van der Waals surface area contributed by atoms with Gasteiger partial charge < -0.3 is 11.1 Å². The van der Waals surface area contributed by atoms with Crippen LogP contribution in [0.25, 0.3) is 0 Å². The molecule has 2 atom stereocenters. The number of rotatable bonds is 7. The van der Waals surface area contributed by atoms with Crippen LogP contribution in [0.3, 0.4) is 0 Å². The van der Waals surface area contributed by atoms with Crippen molar-refractivity contribution in [2.24, 2.45) is 11.7 Å². The molecule has 1 rings (SSSR count). The highest BCUT2D eigenvalue weighted by atomic mass is 32.2. The zero-order valence-electron chi connectivity index (χ0n) is 9.88. The molecule has 3 N–H and O–H groups in total. The van der Waals surface area contributed by atoms with Crippen LogP contribution < -0.4 is 11.1 Å². The van der Waals surface area contributed by atoms with Crippen molar-refractivity contribution in [1.82, 2.24) is 5.32 Å². The molecule has 15 heavy (non-hydrogen) atoms. The molecule has 2 unspecified atom stereocenters. The van der Waals surface area contributed by atoms with Gasteiger partial charge in [0.15, 0.2) is 0 Å². The number of carbonyl (C=O) groups excluding carboxylic acids is 1. The van der Waals surface area contributed by atoms with Crippen molar-refractivity contribution < 1.29 is 4.79 Å². The molecule has 1 aliphatic carbocycles. The smallest absolute Gasteiger partial charge is 0.238 e. The van der Waals surface area contributed by atoms with Gasteiger partial charge in [-0.25, -0.2) is 0 Å². The van der Waals surface area contributed by atoms with Gasteiger partial charge in [-0.1, -0.05) is 13.8 Å². The van der Waals surface area contributed by atoms with Crippen molar-refractivity contribution in [3.63, 3.8) is 0 Å². The third kappa shape index (κ3) is 2.88. The third-order valence-electron chi connectivity index (χ3n) is 3.33. The van der Waals surface area contributed by atoms with Crippen LogP contribution in [-0.2, 0) is 4.79 Å². The lowest BCUT2D eigenvalue weighted by Crippen LogP contribution is -2.58. The fraction of sp³-hybridized carbons (Fsp3) is 0.909. The predicted molar refractivity (Wildman–Crippen MR) is 65.9 cm³/mol. The minimum Gasteiger partial charge on any atom is -0.368 e. The van der Waals surface area contributed by atoms with Gasteiger partial charge in [-0.15, -0.1) is 0 Å². The molecule has 0 heterocycles. The number of likely N-dealkylation sites (N-methyl/N-ethyl adjacent to an activating group) is 1. The van der Waals surface area contributed by atoms with E-state index in [4.69, 9.17) is 5.73 Å². The first kappa shape index (κ1) is 12.8. The summed E-state index contributed by atoms with van der Waals surface area (Å²) in [5.41, 5.74) is 5.07. The van der Waals surface area contributed by atoms with Crippen LogP contribution in [0, 0.1) is 5.92 Å². The molecule has 4 heteroatoms. The summed E-state index contributed by atoms with van der Waals surface area (Å²) in [5.74, 6) is 1.07. The molecule has 0 aromatic heterocycles. The summed E-state index contributed by atoms with van der Waals surface area (Å²) in [6, 6.07) is 0. The maximum absolute atomic E-state index is 11.6. The third-order valence-corrected chi connectivity index (χ3v) is 4.85. The van der Waals surface area contributed by atoms with Gasteiger partial charge in [-0.3, -0.25) is 4.79 Å². The van der Waals surface area contributed by atoms with Gasteiger partial charge in [0.05, 0.1) is 0 Å². The van der Waals surface area contributed by atoms with E-state index < -0.39 is 5.54 Å². The Kier molecular flexibility index (Phi) is 4.46. The molecule has 88 valence electrons. The van der Waals surface area contributed by atoms with Crippen LogP contribution >= 0.6 is 11.8 Å². The van der Waals surface area contributed by atoms with Crippen molar-refractivity contribution in [2.45, 2.75) is 43.9 Å². The molecule has 3 nitrogen and oxygen atoms in total. The molecule has 1 fully saturated rings. The Morgan fingerprint density at radius 3 is 2.60 bits per heavy atom. The molecule has 0 spiro atoms. The van der Waals surface area contributed by atoms with Crippen LogP contribution in [0.1, 0.15) is 33.1 Å². The molecule has 0 radical (unpaired) electrons. The Morgan fingerprint density at radius 1 is 1.67 bits per heavy atom. The summed E-state index contributed by atoms with van der Waals surface area (Å²) in [5, 5.41) is 3.75. The second-order valence-electron chi connectivity index (χ2n) is 4.39. The Hall–Kier alpha value is -0.220. The molecule has 0 bridgehead atoms.